The minimum Gasteiger partial charge on any atom is -0.305 e. The summed E-state index contributed by atoms with van der Waals surface area (Å²) in [5.41, 5.74) is 2.11. The van der Waals surface area contributed by atoms with Crippen LogP contribution in [0.2, 0.25) is 0 Å². The van der Waals surface area contributed by atoms with Gasteiger partial charge >= 0.3 is 0 Å². The van der Waals surface area contributed by atoms with E-state index in [0.29, 0.717) is 6.67 Å². The first-order chi connectivity index (χ1) is 10.4. The summed E-state index contributed by atoms with van der Waals surface area (Å²) in [6.45, 7) is 0.676. The summed E-state index contributed by atoms with van der Waals surface area (Å²) in [5, 5.41) is 0. The van der Waals surface area contributed by atoms with Crippen molar-refractivity contribution >= 4 is 23.0 Å². The number of hydrogen-bond acceptors (Lipinski definition) is 5. The van der Waals surface area contributed by atoms with Crippen LogP contribution in [0.4, 0.5) is 23.0 Å². The fourth-order valence-corrected chi connectivity index (χ4v) is 2.51. The normalized spacial score (nSPS) is 13.3. The minimum absolute atomic E-state index is 0.676. The molecule has 0 fully saturated rings. The number of nitrogens with zero attached hydrogens (tertiary/aromatic N) is 5. The molecular weight excluding hydrogens is 262 g/mol. The molecule has 102 valence electrons. The molecule has 0 aliphatic carbocycles. The predicted molar refractivity (Wildman–Crippen MR) is 81.9 cm³/mol. The SMILES string of the molecule is c1ccc(N2CN(c3cccnc3)c3nccnc32)cc1. The Balaban J connectivity index is 1.81. The Morgan fingerprint density at radius 2 is 1.38 bits per heavy atom. The van der Waals surface area contributed by atoms with Gasteiger partial charge in [0.25, 0.3) is 0 Å². The van der Waals surface area contributed by atoms with E-state index in [0.717, 1.165) is 23.0 Å². The smallest absolute Gasteiger partial charge is 0.178 e. The number of benzene rings is 1. The summed E-state index contributed by atoms with van der Waals surface area (Å²) in [7, 11) is 0. The van der Waals surface area contributed by atoms with Crippen molar-refractivity contribution in [2.75, 3.05) is 16.5 Å². The maximum atomic E-state index is 4.49. The van der Waals surface area contributed by atoms with Crippen molar-refractivity contribution in [3.05, 3.63) is 67.3 Å². The van der Waals surface area contributed by atoms with Crippen LogP contribution in [0.25, 0.3) is 0 Å². The molecule has 0 unspecified atom stereocenters. The first-order valence-corrected chi connectivity index (χ1v) is 6.74. The van der Waals surface area contributed by atoms with Crippen molar-refractivity contribution in [3.8, 4) is 0 Å². The second-order valence-corrected chi connectivity index (χ2v) is 4.75. The molecule has 2 aromatic heterocycles. The lowest BCUT2D eigenvalue weighted by atomic mass is 10.3. The Bertz CT molecular complexity index is 680. The van der Waals surface area contributed by atoms with E-state index in [-0.39, 0.29) is 0 Å². The molecule has 5 heteroatoms. The highest BCUT2D eigenvalue weighted by Gasteiger charge is 2.30. The maximum Gasteiger partial charge on any atom is 0.178 e. The Morgan fingerprint density at radius 3 is 2.05 bits per heavy atom. The Kier molecular flexibility index (Phi) is 2.74. The second kappa shape index (κ2) is 4.86. The van der Waals surface area contributed by atoms with Gasteiger partial charge in [-0.15, -0.1) is 0 Å². The lowest BCUT2D eigenvalue weighted by Gasteiger charge is -2.20. The van der Waals surface area contributed by atoms with Gasteiger partial charge in [-0.1, -0.05) is 18.2 Å². The standard InChI is InChI=1S/C16H13N5/c1-2-5-13(6-3-1)20-12-21(14-7-4-8-17-11-14)16-15(20)18-9-10-19-16/h1-11H,12H2. The number of rotatable bonds is 2. The van der Waals surface area contributed by atoms with Crippen molar-refractivity contribution in [1.29, 1.82) is 0 Å². The zero-order valence-corrected chi connectivity index (χ0v) is 11.3. The molecule has 0 bridgehead atoms. The van der Waals surface area contributed by atoms with E-state index >= 15 is 0 Å². The quantitative estimate of drug-likeness (QED) is 0.719. The van der Waals surface area contributed by atoms with E-state index in [1.54, 1.807) is 18.6 Å². The van der Waals surface area contributed by atoms with E-state index in [1.807, 2.05) is 36.5 Å². The molecule has 1 aliphatic rings. The van der Waals surface area contributed by atoms with Gasteiger partial charge in [-0.3, -0.25) is 4.98 Å². The third-order valence-corrected chi connectivity index (χ3v) is 3.48. The maximum absolute atomic E-state index is 4.49. The van der Waals surface area contributed by atoms with Crippen molar-refractivity contribution < 1.29 is 0 Å². The van der Waals surface area contributed by atoms with Crippen LogP contribution in [0, 0.1) is 0 Å². The molecule has 1 aromatic carbocycles. The molecule has 0 spiro atoms. The van der Waals surface area contributed by atoms with Gasteiger partial charge in [0.1, 0.15) is 6.67 Å². The fraction of sp³-hybridized carbons (Fsp3) is 0.0625. The van der Waals surface area contributed by atoms with Crippen molar-refractivity contribution in [1.82, 2.24) is 15.0 Å². The Hall–Kier alpha value is -2.95. The van der Waals surface area contributed by atoms with E-state index in [2.05, 4.69) is 36.9 Å². The van der Waals surface area contributed by atoms with Gasteiger partial charge in [-0.05, 0) is 24.3 Å². The van der Waals surface area contributed by atoms with Crippen LogP contribution in [0.3, 0.4) is 0 Å². The summed E-state index contributed by atoms with van der Waals surface area (Å²) >= 11 is 0. The lowest BCUT2D eigenvalue weighted by molar-refractivity contribution is 0.971. The highest BCUT2D eigenvalue weighted by atomic mass is 15.4. The molecule has 0 N–H and O–H groups in total. The average molecular weight is 275 g/mol. The number of pyridine rings is 1. The molecule has 0 saturated carbocycles. The van der Waals surface area contributed by atoms with Gasteiger partial charge in [0.15, 0.2) is 11.6 Å². The second-order valence-electron chi connectivity index (χ2n) is 4.75. The zero-order valence-electron chi connectivity index (χ0n) is 11.3. The first-order valence-electron chi connectivity index (χ1n) is 6.74. The number of hydrogen-bond donors (Lipinski definition) is 0. The summed E-state index contributed by atoms with van der Waals surface area (Å²) in [6, 6.07) is 14.2. The van der Waals surface area contributed by atoms with Crippen LogP contribution >= 0.6 is 0 Å². The highest BCUT2D eigenvalue weighted by Crippen LogP contribution is 2.40. The predicted octanol–water partition coefficient (Wildman–Crippen LogP) is 3.12. The molecule has 3 heterocycles. The monoisotopic (exact) mass is 275 g/mol. The van der Waals surface area contributed by atoms with Crippen molar-refractivity contribution in [2.24, 2.45) is 0 Å². The van der Waals surface area contributed by atoms with Crippen LogP contribution < -0.4 is 9.80 Å². The van der Waals surface area contributed by atoms with Gasteiger partial charge in [0.05, 0.1) is 11.9 Å². The van der Waals surface area contributed by atoms with Crippen molar-refractivity contribution in [3.63, 3.8) is 0 Å². The van der Waals surface area contributed by atoms with Gasteiger partial charge in [0, 0.05) is 24.3 Å². The highest BCUT2D eigenvalue weighted by molar-refractivity contribution is 5.81. The lowest BCUT2D eigenvalue weighted by Crippen LogP contribution is -2.24. The summed E-state index contributed by atoms with van der Waals surface area (Å²) in [5.74, 6) is 1.72. The molecule has 21 heavy (non-hydrogen) atoms. The van der Waals surface area contributed by atoms with Gasteiger partial charge < -0.3 is 9.80 Å². The summed E-state index contributed by atoms with van der Waals surface area (Å²) in [6.07, 6.45) is 7.05. The van der Waals surface area contributed by atoms with E-state index in [4.69, 9.17) is 0 Å². The van der Waals surface area contributed by atoms with E-state index in [1.165, 1.54) is 0 Å². The molecular formula is C16H13N5. The molecule has 0 atom stereocenters. The minimum atomic E-state index is 0.676. The van der Waals surface area contributed by atoms with Gasteiger partial charge in [-0.2, -0.15) is 0 Å². The van der Waals surface area contributed by atoms with Gasteiger partial charge in [-0.25, -0.2) is 9.97 Å². The number of anilines is 4. The molecule has 5 nitrogen and oxygen atoms in total. The van der Waals surface area contributed by atoms with Crippen LogP contribution in [0.15, 0.2) is 67.3 Å². The third kappa shape index (κ3) is 1.99. The Morgan fingerprint density at radius 1 is 0.714 bits per heavy atom. The molecule has 3 aromatic rings. The molecule has 0 amide bonds. The fourth-order valence-electron chi connectivity index (χ4n) is 2.51. The third-order valence-electron chi connectivity index (χ3n) is 3.48. The first kappa shape index (κ1) is 11.8. The molecule has 4 rings (SSSR count). The summed E-state index contributed by atoms with van der Waals surface area (Å²) in [4.78, 5) is 17.4. The van der Waals surface area contributed by atoms with Crippen LogP contribution in [-0.2, 0) is 0 Å². The van der Waals surface area contributed by atoms with Crippen LogP contribution in [-0.4, -0.2) is 21.6 Å². The van der Waals surface area contributed by atoms with Crippen LogP contribution in [0.5, 0.6) is 0 Å². The van der Waals surface area contributed by atoms with Gasteiger partial charge in [0.2, 0.25) is 0 Å². The number of para-hydroxylation sites is 1. The average Bonchev–Trinajstić information content (AvgIpc) is 2.96. The molecule has 0 saturated heterocycles. The van der Waals surface area contributed by atoms with Crippen molar-refractivity contribution in [2.45, 2.75) is 0 Å². The summed E-state index contributed by atoms with van der Waals surface area (Å²) < 4.78 is 0. The van der Waals surface area contributed by atoms with Crippen LogP contribution in [0.1, 0.15) is 0 Å². The molecule has 0 radical (unpaired) electrons. The zero-order chi connectivity index (χ0) is 14.1. The molecule has 1 aliphatic heterocycles. The van der Waals surface area contributed by atoms with E-state index in [9.17, 15) is 0 Å². The van der Waals surface area contributed by atoms with E-state index < -0.39 is 0 Å². The number of fused-ring (bicyclic) bond motifs is 1. The Labute approximate surface area is 122 Å². The largest absolute Gasteiger partial charge is 0.305 e. The topological polar surface area (TPSA) is 45.2 Å². The number of aromatic nitrogens is 3.